The molecular weight excluding hydrogens is 744 g/mol. The highest BCUT2D eigenvalue weighted by Crippen LogP contribution is 2.54. The lowest BCUT2D eigenvalue weighted by molar-refractivity contribution is -0.143. The highest BCUT2D eigenvalue weighted by Gasteiger charge is 2.55. The van der Waals surface area contributed by atoms with E-state index in [-0.39, 0.29) is 32.4 Å². The molecule has 2 aliphatic rings. The largest absolute Gasteiger partial charge is 0.391 e. The average Bonchev–Trinajstić information content (AvgIpc) is 3.61. The Morgan fingerprint density at radius 1 is 0.929 bits per heavy atom. The van der Waals surface area contributed by atoms with Crippen LogP contribution >= 0.6 is 23.1 Å². The molecule has 11 heteroatoms. The number of carbonyl (C=O) groups is 3. The number of nitrogens with zero attached hydrogens (tertiary/aromatic N) is 2. The zero-order valence-corrected chi connectivity index (χ0v) is 33.6. The summed E-state index contributed by atoms with van der Waals surface area (Å²) in [5, 5.41) is 16.8. The third-order valence-corrected chi connectivity index (χ3v) is 13.7. The van der Waals surface area contributed by atoms with E-state index < -0.39 is 51.1 Å². The fourth-order valence-corrected chi connectivity index (χ4v) is 10.3. The number of alkyl halides is 1. The number of aryl methyl sites for hydroxylation is 2. The van der Waals surface area contributed by atoms with E-state index in [0.29, 0.717) is 0 Å². The number of aliphatic hydroxyl groups is 1. The number of hydrogen-bond acceptors (Lipinski definition) is 7. The molecule has 1 saturated carbocycles. The first kappa shape index (κ1) is 39.4. The summed E-state index contributed by atoms with van der Waals surface area (Å²) in [6.07, 6.45) is -0.776. The molecule has 3 atom stereocenters. The van der Waals surface area contributed by atoms with Crippen molar-refractivity contribution in [2.24, 2.45) is 0 Å². The van der Waals surface area contributed by atoms with Crippen LogP contribution in [0.2, 0.25) is 0 Å². The lowest BCUT2D eigenvalue weighted by Crippen LogP contribution is -2.61. The molecule has 3 amide bonds. The maximum absolute atomic E-state index is 15.5. The number of carbonyl (C=O) groups excluding carboxylic acids is 3. The average molecular weight is 791 g/mol. The molecule has 0 bridgehead atoms. The number of hydrogen-bond donors (Lipinski definition) is 3. The van der Waals surface area contributed by atoms with E-state index in [0.717, 1.165) is 44.0 Å². The first-order valence-corrected chi connectivity index (χ1v) is 20.6. The predicted octanol–water partition coefficient (Wildman–Crippen LogP) is 7.50. The first-order chi connectivity index (χ1) is 26.8. The van der Waals surface area contributed by atoms with Crippen LogP contribution in [0.3, 0.4) is 0 Å². The van der Waals surface area contributed by atoms with E-state index in [9.17, 15) is 14.7 Å². The van der Waals surface area contributed by atoms with Gasteiger partial charge in [0.25, 0.3) is 5.91 Å². The fourth-order valence-electron chi connectivity index (χ4n) is 7.67. The Morgan fingerprint density at radius 3 is 2.00 bits per heavy atom. The number of benzene rings is 4. The summed E-state index contributed by atoms with van der Waals surface area (Å²) < 4.78 is 13.5. The highest BCUT2D eigenvalue weighted by molar-refractivity contribution is 8.02. The summed E-state index contributed by atoms with van der Waals surface area (Å²) in [6, 6.07) is 33.8. The number of aromatic nitrogens is 1. The van der Waals surface area contributed by atoms with Crippen molar-refractivity contribution < 1.29 is 23.9 Å². The molecular formula is C45H47FN4O4S2. The van der Waals surface area contributed by atoms with Crippen LogP contribution in [0.1, 0.15) is 66.6 Å². The quantitative estimate of drug-likeness (QED) is 0.107. The molecule has 290 valence electrons. The van der Waals surface area contributed by atoms with Crippen LogP contribution in [0.4, 0.5) is 4.39 Å². The van der Waals surface area contributed by atoms with Crippen LogP contribution in [0.25, 0.3) is 10.4 Å². The van der Waals surface area contributed by atoms with Crippen molar-refractivity contribution in [2.75, 3.05) is 6.54 Å². The molecule has 1 aliphatic carbocycles. The Bertz CT molecular complexity index is 2100. The zero-order chi connectivity index (χ0) is 39.7. The number of amides is 3. The van der Waals surface area contributed by atoms with Crippen LogP contribution in [0.15, 0.2) is 115 Å². The van der Waals surface area contributed by atoms with Crippen molar-refractivity contribution in [1.29, 1.82) is 0 Å². The number of rotatable bonds is 13. The van der Waals surface area contributed by atoms with Crippen molar-refractivity contribution in [1.82, 2.24) is 20.5 Å². The number of thiazole rings is 1. The minimum atomic E-state index is -2.05. The summed E-state index contributed by atoms with van der Waals surface area (Å²) >= 11 is 3.07. The van der Waals surface area contributed by atoms with Gasteiger partial charge in [0.1, 0.15) is 12.1 Å². The van der Waals surface area contributed by atoms with Gasteiger partial charge in [-0.05, 0) is 73.9 Å². The molecule has 0 spiro atoms. The number of likely N-dealkylation sites (tertiary alicyclic amines) is 1. The van der Waals surface area contributed by atoms with Crippen molar-refractivity contribution in [3.8, 4) is 10.4 Å². The maximum atomic E-state index is 15.5. The van der Waals surface area contributed by atoms with Crippen molar-refractivity contribution in [3.63, 3.8) is 0 Å². The lowest BCUT2D eigenvalue weighted by Gasteiger charge is -2.45. The van der Waals surface area contributed by atoms with E-state index >= 15 is 9.18 Å². The fraction of sp³-hybridized carbons (Fsp3) is 0.333. The number of β-amino-alcohol motifs (C(OH)–C–C–N with tert-alkyl or cyclic N) is 1. The Balaban J connectivity index is 1.21. The molecule has 4 aromatic carbocycles. The van der Waals surface area contributed by atoms with Gasteiger partial charge in [0.05, 0.1) is 26.9 Å². The third-order valence-electron chi connectivity index (χ3n) is 10.9. The van der Waals surface area contributed by atoms with Gasteiger partial charge in [-0.25, -0.2) is 9.37 Å². The molecule has 5 aromatic rings. The van der Waals surface area contributed by atoms with Gasteiger partial charge in [0, 0.05) is 24.3 Å². The molecule has 2 heterocycles. The number of halogens is 1. The van der Waals surface area contributed by atoms with E-state index in [1.165, 1.54) is 16.7 Å². The number of nitrogens with one attached hydrogen (secondary N) is 2. The molecule has 56 heavy (non-hydrogen) atoms. The predicted molar refractivity (Wildman–Crippen MR) is 221 cm³/mol. The normalized spacial score (nSPS) is 18.3. The van der Waals surface area contributed by atoms with Crippen LogP contribution in [-0.2, 0) is 25.7 Å². The van der Waals surface area contributed by atoms with Gasteiger partial charge in [-0.2, -0.15) is 0 Å². The molecule has 0 radical (unpaired) electrons. The Hall–Kier alpha value is -4.84. The Morgan fingerprint density at radius 2 is 1.50 bits per heavy atom. The van der Waals surface area contributed by atoms with Gasteiger partial charge >= 0.3 is 0 Å². The minimum Gasteiger partial charge on any atom is -0.391 e. The van der Waals surface area contributed by atoms with Crippen molar-refractivity contribution >= 4 is 40.8 Å². The summed E-state index contributed by atoms with van der Waals surface area (Å²) in [5.74, 6) is -1.81. The molecule has 0 unspecified atom stereocenters. The summed E-state index contributed by atoms with van der Waals surface area (Å²) in [7, 11) is 0. The van der Waals surface area contributed by atoms with E-state index in [1.54, 1.807) is 11.3 Å². The molecule has 1 saturated heterocycles. The highest BCUT2D eigenvalue weighted by atomic mass is 32.2. The van der Waals surface area contributed by atoms with Gasteiger partial charge in [0.2, 0.25) is 11.8 Å². The molecule has 7 rings (SSSR count). The monoisotopic (exact) mass is 790 g/mol. The van der Waals surface area contributed by atoms with Crippen LogP contribution in [0.5, 0.6) is 0 Å². The van der Waals surface area contributed by atoms with Gasteiger partial charge in [0.15, 0.2) is 5.67 Å². The second kappa shape index (κ2) is 16.0. The van der Waals surface area contributed by atoms with Gasteiger partial charge in [-0.3, -0.25) is 14.4 Å². The summed E-state index contributed by atoms with van der Waals surface area (Å²) in [6.45, 7) is 7.84. The third kappa shape index (κ3) is 7.90. The second-order valence-electron chi connectivity index (χ2n) is 15.4. The maximum Gasteiger partial charge on any atom is 0.258 e. The molecule has 8 nitrogen and oxygen atoms in total. The Labute approximate surface area is 336 Å². The second-order valence-corrected chi connectivity index (χ2v) is 18.1. The molecule has 2 fully saturated rings. The van der Waals surface area contributed by atoms with Crippen molar-refractivity contribution in [2.45, 2.75) is 86.9 Å². The first-order valence-electron chi connectivity index (χ1n) is 19.0. The van der Waals surface area contributed by atoms with Gasteiger partial charge < -0.3 is 20.6 Å². The lowest BCUT2D eigenvalue weighted by atomic mass is 9.84. The van der Waals surface area contributed by atoms with Crippen molar-refractivity contribution in [3.05, 3.63) is 148 Å². The SMILES string of the molecule is Cc1cc(-c2scnc2C)ccc1CNC(=O)[C@@H]1C[C@@H](O)CN1C(=O)[C@@H](NC(=O)C1(F)CC1)C(C)(C)SC(c1ccccc1)(c1ccccc1)c1ccccc1. The number of aliphatic hydroxyl groups excluding tert-OH is 1. The van der Waals surface area contributed by atoms with Crippen LogP contribution in [0, 0.1) is 13.8 Å². The van der Waals surface area contributed by atoms with E-state index in [1.807, 2.05) is 136 Å². The zero-order valence-electron chi connectivity index (χ0n) is 32.0. The summed E-state index contributed by atoms with van der Waals surface area (Å²) in [4.78, 5) is 49.4. The molecule has 1 aliphatic heterocycles. The van der Waals surface area contributed by atoms with Gasteiger partial charge in [-0.15, -0.1) is 23.1 Å². The van der Waals surface area contributed by atoms with Crippen LogP contribution < -0.4 is 10.6 Å². The van der Waals surface area contributed by atoms with E-state index in [2.05, 4.69) is 21.7 Å². The Kier molecular flexibility index (Phi) is 11.2. The minimum absolute atomic E-state index is 0.0312. The molecule has 1 aromatic heterocycles. The smallest absolute Gasteiger partial charge is 0.258 e. The van der Waals surface area contributed by atoms with Crippen LogP contribution in [-0.4, -0.2) is 67.9 Å². The summed E-state index contributed by atoms with van der Waals surface area (Å²) in [5.41, 5.74) is 6.56. The molecule has 3 N–H and O–H groups in total. The van der Waals surface area contributed by atoms with Gasteiger partial charge in [-0.1, -0.05) is 109 Å². The standard InChI is InChI=1S/C45H47FN4O4S2/c1-29-24-31(38-30(2)48-28-55-38)20-21-32(29)26-47-40(52)37-25-36(51)27-50(37)41(53)39(49-42(54)44(46)22-23-44)43(3,4)56-45(33-14-8-5-9-15-33,34-16-10-6-11-17-34)35-18-12-7-13-19-35/h5-21,24,28,36-37,39,51H,22-23,25-27H2,1-4H3,(H,47,52)(H,49,54)/t36-,37+,39-/m1/s1. The topological polar surface area (TPSA) is 112 Å². The number of thioether (sulfide) groups is 1. The van der Waals surface area contributed by atoms with E-state index in [4.69, 9.17) is 0 Å².